The van der Waals surface area contributed by atoms with Crippen LogP contribution >= 0.6 is 0 Å². The van der Waals surface area contributed by atoms with Crippen LogP contribution in [0.25, 0.3) is 0 Å². The quantitative estimate of drug-likeness (QED) is 0.679. The molecule has 1 aromatic heterocycles. The van der Waals surface area contributed by atoms with E-state index in [9.17, 15) is 9.90 Å². The molecule has 1 fully saturated rings. The molecule has 0 bridgehead atoms. The summed E-state index contributed by atoms with van der Waals surface area (Å²) < 4.78 is 0. The second-order valence-corrected chi connectivity index (χ2v) is 5.06. The number of benzene rings is 1. The molecule has 0 radical (unpaired) electrons. The number of nitrogens with one attached hydrogen (secondary N) is 3. The fourth-order valence-electron chi connectivity index (χ4n) is 2.31. The number of aromatic amines is 1. The molecular weight excluding hydrogens is 256 g/mol. The van der Waals surface area contributed by atoms with Gasteiger partial charge in [-0.1, -0.05) is 0 Å². The van der Waals surface area contributed by atoms with Gasteiger partial charge in [0.15, 0.2) is 0 Å². The number of carbonyl (C=O) groups excluding carboxylic acids is 1. The summed E-state index contributed by atoms with van der Waals surface area (Å²) in [6, 6.07) is 4.97. The first-order valence-corrected chi connectivity index (χ1v) is 6.49. The Morgan fingerprint density at radius 1 is 1.40 bits per heavy atom. The zero-order valence-electron chi connectivity index (χ0n) is 11.1. The molecule has 6 heteroatoms. The number of amides is 1. The third-order valence-electron chi connectivity index (χ3n) is 3.42. The van der Waals surface area contributed by atoms with E-state index in [2.05, 4.69) is 20.8 Å². The SMILES string of the molecule is Cc1cc(O)cc(NC(=O)c2cn[nH]c2C2CNC2)c1. The highest BCUT2D eigenvalue weighted by atomic mass is 16.3. The Morgan fingerprint density at radius 2 is 2.20 bits per heavy atom. The highest BCUT2D eigenvalue weighted by Gasteiger charge is 2.26. The van der Waals surface area contributed by atoms with Gasteiger partial charge < -0.3 is 15.7 Å². The Hall–Kier alpha value is -2.34. The molecule has 0 unspecified atom stereocenters. The van der Waals surface area contributed by atoms with Crippen molar-refractivity contribution in [1.82, 2.24) is 15.5 Å². The lowest BCUT2D eigenvalue weighted by molar-refractivity contribution is 0.102. The van der Waals surface area contributed by atoms with Crippen LogP contribution in [0.1, 0.15) is 27.5 Å². The predicted octanol–water partition coefficient (Wildman–Crippen LogP) is 1.36. The van der Waals surface area contributed by atoms with E-state index < -0.39 is 0 Å². The molecule has 2 heterocycles. The Kier molecular flexibility index (Phi) is 3.15. The van der Waals surface area contributed by atoms with Gasteiger partial charge in [-0.25, -0.2) is 0 Å². The lowest BCUT2D eigenvalue weighted by Gasteiger charge is -2.26. The molecule has 2 aromatic rings. The van der Waals surface area contributed by atoms with E-state index in [1.54, 1.807) is 12.3 Å². The summed E-state index contributed by atoms with van der Waals surface area (Å²) in [4.78, 5) is 12.3. The minimum Gasteiger partial charge on any atom is -0.508 e. The smallest absolute Gasteiger partial charge is 0.259 e. The number of rotatable bonds is 3. The summed E-state index contributed by atoms with van der Waals surface area (Å²) >= 11 is 0. The highest BCUT2D eigenvalue weighted by Crippen LogP contribution is 2.23. The van der Waals surface area contributed by atoms with Crippen LogP contribution in [-0.2, 0) is 0 Å². The van der Waals surface area contributed by atoms with Crippen LogP contribution in [0.4, 0.5) is 5.69 Å². The molecule has 0 aliphatic carbocycles. The molecular formula is C14H16N4O2. The topological polar surface area (TPSA) is 90.0 Å². The van der Waals surface area contributed by atoms with Crippen LogP contribution < -0.4 is 10.6 Å². The maximum atomic E-state index is 12.3. The maximum Gasteiger partial charge on any atom is 0.259 e. The van der Waals surface area contributed by atoms with Crippen LogP contribution in [0.15, 0.2) is 24.4 Å². The maximum absolute atomic E-state index is 12.3. The van der Waals surface area contributed by atoms with Gasteiger partial charge in [0, 0.05) is 30.8 Å². The number of phenolic OH excluding ortho intramolecular Hbond substituents is 1. The minimum absolute atomic E-state index is 0.135. The van der Waals surface area contributed by atoms with Crippen LogP contribution in [0.3, 0.4) is 0 Å². The fourth-order valence-corrected chi connectivity index (χ4v) is 2.31. The highest BCUT2D eigenvalue weighted by molar-refractivity contribution is 6.05. The van der Waals surface area contributed by atoms with Gasteiger partial charge in [-0.05, 0) is 24.6 Å². The summed E-state index contributed by atoms with van der Waals surface area (Å²) in [5.41, 5.74) is 2.87. The molecule has 4 N–H and O–H groups in total. The number of anilines is 1. The second-order valence-electron chi connectivity index (χ2n) is 5.06. The third kappa shape index (κ3) is 2.37. The zero-order chi connectivity index (χ0) is 14.1. The van der Waals surface area contributed by atoms with Crippen molar-refractivity contribution in [3.05, 3.63) is 41.2 Å². The normalized spacial score (nSPS) is 14.8. The minimum atomic E-state index is -0.217. The molecule has 1 aliphatic rings. The molecule has 6 nitrogen and oxygen atoms in total. The van der Waals surface area contributed by atoms with Gasteiger partial charge in [-0.3, -0.25) is 9.89 Å². The van der Waals surface area contributed by atoms with Crippen molar-refractivity contribution in [3.63, 3.8) is 0 Å². The van der Waals surface area contributed by atoms with Gasteiger partial charge in [0.2, 0.25) is 0 Å². The molecule has 0 spiro atoms. The van der Waals surface area contributed by atoms with Gasteiger partial charge in [-0.15, -0.1) is 0 Å². The number of hydrogen-bond donors (Lipinski definition) is 4. The molecule has 1 aromatic carbocycles. The molecule has 0 atom stereocenters. The van der Waals surface area contributed by atoms with E-state index in [4.69, 9.17) is 0 Å². The monoisotopic (exact) mass is 272 g/mol. The zero-order valence-corrected chi connectivity index (χ0v) is 11.1. The van der Waals surface area contributed by atoms with E-state index in [0.29, 0.717) is 17.2 Å². The fraction of sp³-hybridized carbons (Fsp3) is 0.286. The van der Waals surface area contributed by atoms with Crippen molar-refractivity contribution in [2.75, 3.05) is 18.4 Å². The van der Waals surface area contributed by atoms with E-state index >= 15 is 0 Å². The second kappa shape index (κ2) is 4.97. The van der Waals surface area contributed by atoms with Gasteiger partial charge >= 0.3 is 0 Å². The summed E-state index contributed by atoms with van der Waals surface area (Å²) in [5.74, 6) is 0.228. The third-order valence-corrected chi connectivity index (χ3v) is 3.42. The van der Waals surface area contributed by atoms with Crippen molar-refractivity contribution in [3.8, 4) is 5.75 Å². The Morgan fingerprint density at radius 3 is 2.85 bits per heavy atom. The number of aromatic hydroxyl groups is 1. The van der Waals surface area contributed by atoms with Gasteiger partial charge in [0.25, 0.3) is 5.91 Å². The number of H-pyrrole nitrogens is 1. The Balaban J connectivity index is 1.80. The Labute approximate surface area is 116 Å². The van der Waals surface area contributed by atoms with Crippen LogP contribution in [-0.4, -0.2) is 34.3 Å². The number of aryl methyl sites for hydroxylation is 1. The molecule has 1 saturated heterocycles. The predicted molar refractivity (Wildman–Crippen MR) is 75.0 cm³/mol. The van der Waals surface area contributed by atoms with E-state index in [-0.39, 0.29) is 11.7 Å². The molecule has 0 saturated carbocycles. The van der Waals surface area contributed by atoms with Crippen molar-refractivity contribution < 1.29 is 9.90 Å². The molecule has 1 amide bonds. The van der Waals surface area contributed by atoms with E-state index in [1.165, 1.54) is 6.07 Å². The average molecular weight is 272 g/mol. The van der Waals surface area contributed by atoms with Crippen molar-refractivity contribution in [2.24, 2.45) is 0 Å². The summed E-state index contributed by atoms with van der Waals surface area (Å²) in [5, 5.41) is 22.4. The molecule has 3 rings (SSSR count). The average Bonchev–Trinajstić information content (AvgIpc) is 2.73. The molecule has 1 aliphatic heterocycles. The molecule has 104 valence electrons. The lowest BCUT2D eigenvalue weighted by Crippen LogP contribution is -2.40. The number of nitrogens with zero attached hydrogens (tertiary/aromatic N) is 1. The first kappa shape index (κ1) is 12.7. The summed E-state index contributed by atoms with van der Waals surface area (Å²) in [6.07, 6.45) is 1.54. The van der Waals surface area contributed by atoms with Crippen LogP contribution in [0, 0.1) is 6.92 Å². The summed E-state index contributed by atoms with van der Waals surface area (Å²) in [7, 11) is 0. The first-order chi connectivity index (χ1) is 9.63. The standard InChI is InChI=1S/C14H16N4O2/c1-8-2-10(4-11(19)3-8)17-14(20)12-7-16-18-13(12)9-5-15-6-9/h2-4,7,9,15,19H,5-6H2,1H3,(H,16,18)(H,17,20). The van der Waals surface area contributed by atoms with Gasteiger partial charge in [0.1, 0.15) is 5.75 Å². The Bertz CT molecular complexity index is 626. The lowest BCUT2D eigenvalue weighted by atomic mass is 9.96. The van der Waals surface area contributed by atoms with Gasteiger partial charge in [0.05, 0.1) is 17.5 Å². The van der Waals surface area contributed by atoms with Gasteiger partial charge in [-0.2, -0.15) is 5.10 Å². The van der Waals surface area contributed by atoms with Crippen molar-refractivity contribution in [1.29, 1.82) is 0 Å². The van der Waals surface area contributed by atoms with E-state index in [0.717, 1.165) is 24.3 Å². The summed E-state index contributed by atoms with van der Waals surface area (Å²) in [6.45, 7) is 3.57. The van der Waals surface area contributed by atoms with Crippen molar-refractivity contribution >= 4 is 11.6 Å². The number of aromatic nitrogens is 2. The molecule has 20 heavy (non-hydrogen) atoms. The number of phenols is 1. The van der Waals surface area contributed by atoms with Crippen LogP contribution in [0.2, 0.25) is 0 Å². The van der Waals surface area contributed by atoms with E-state index in [1.807, 2.05) is 13.0 Å². The van der Waals surface area contributed by atoms with Crippen molar-refractivity contribution in [2.45, 2.75) is 12.8 Å². The number of hydrogen-bond acceptors (Lipinski definition) is 4. The largest absolute Gasteiger partial charge is 0.508 e. The first-order valence-electron chi connectivity index (χ1n) is 6.49. The van der Waals surface area contributed by atoms with Crippen LogP contribution in [0.5, 0.6) is 5.75 Å². The number of carbonyl (C=O) groups is 1.